The molecule has 0 amide bonds. The van der Waals surface area contributed by atoms with Gasteiger partial charge in [-0.3, -0.25) is 0 Å². The number of rotatable bonds is 4. The maximum Gasteiger partial charge on any atom is 0.227 e. The predicted molar refractivity (Wildman–Crippen MR) is 54.7 cm³/mol. The minimum absolute atomic E-state index is 0.381. The summed E-state index contributed by atoms with van der Waals surface area (Å²) >= 11 is 0. The van der Waals surface area contributed by atoms with Crippen molar-refractivity contribution in [3.63, 3.8) is 0 Å². The molecule has 1 rings (SSSR count). The molecular weight excluding hydrogens is 182 g/mol. The van der Waals surface area contributed by atoms with E-state index < -0.39 is 0 Å². The molecule has 0 fully saturated rings. The van der Waals surface area contributed by atoms with Gasteiger partial charge in [-0.25, -0.2) is 4.99 Å². The second-order valence-corrected chi connectivity index (χ2v) is 3.12. The number of hydrogen-bond donors (Lipinski definition) is 2. The summed E-state index contributed by atoms with van der Waals surface area (Å²) in [5.74, 6) is 0.531. The smallest absolute Gasteiger partial charge is 0.227 e. The van der Waals surface area contributed by atoms with Crippen LogP contribution in [-0.2, 0) is 9.47 Å². The Hall–Kier alpha value is -1.07. The van der Waals surface area contributed by atoms with Gasteiger partial charge >= 0.3 is 0 Å². The zero-order chi connectivity index (χ0) is 10.6. The van der Waals surface area contributed by atoms with E-state index in [0.717, 1.165) is 11.3 Å². The lowest BCUT2D eigenvalue weighted by atomic mass is 10.2. The summed E-state index contributed by atoms with van der Waals surface area (Å²) in [5.41, 5.74) is 7.67. The number of nitrogens with one attached hydrogen (secondary N) is 1. The van der Waals surface area contributed by atoms with Crippen LogP contribution in [0.25, 0.3) is 0 Å². The van der Waals surface area contributed by atoms with Crippen LogP contribution < -0.4 is 11.1 Å². The maximum atomic E-state index is 5.70. The molecule has 1 heterocycles. The first-order valence-corrected chi connectivity index (χ1v) is 4.53. The van der Waals surface area contributed by atoms with Crippen LogP contribution in [0.1, 0.15) is 13.8 Å². The molecule has 0 aliphatic carbocycles. The molecule has 1 atom stereocenters. The van der Waals surface area contributed by atoms with Crippen molar-refractivity contribution in [2.45, 2.75) is 20.2 Å². The Kier molecular flexibility index (Phi) is 3.91. The number of aliphatic imine (C=N–C) groups is 1. The Balaban J connectivity index is 2.45. The van der Waals surface area contributed by atoms with E-state index in [0.29, 0.717) is 19.0 Å². The standard InChI is InChI=1S/C9H17N3O2/c1-6-7(2)11-9(12-8(6)10)14-5-4-13-3/h9,11H,4-5H2,1-3H3,(H2,10,12). The fraction of sp³-hybridized carbons (Fsp3) is 0.667. The molecular formula is C9H17N3O2. The summed E-state index contributed by atoms with van der Waals surface area (Å²) in [6.45, 7) is 4.92. The third-order valence-corrected chi connectivity index (χ3v) is 2.11. The van der Waals surface area contributed by atoms with Crippen LogP contribution in [0.5, 0.6) is 0 Å². The minimum atomic E-state index is -0.381. The van der Waals surface area contributed by atoms with Gasteiger partial charge in [0.2, 0.25) is 6.35 Å². The lowest BCUT2D eigenvalue weighted by molar-refractivity contribution is 0.00896. The van der Waals surface area contributed by atoms with Crippen LogP contribution in [0.2, 0.25) is 0 Å². The molecule has 3 N–H and O–H groups in total. The molecule has 0 aromatic rings. The minimum Gasteiger partial charge on any atom is -0.384 e. The van der Waals surface area contributed by atoms with E-state index in [-0.39, 0.29) is 6.35 Å². The van der Waals surface area contributed by atoms with E-state index >= 15 is 0 Å². The molecule has 1 aliphatic heterocycles. The average molecular weight is 199 g/mol. The molecule has 5 nitrogen and oxygen atoms in total. The first-order valence-electron chi connectivity index (χ1n) is 4.53. The highest BCUT2D eigenvalue weighted by atomic mass is 16.5. The zero-order valence-electron chi connectivity index (χ0n) is 8.83. The molecule has 1 unspecified atom stereocenters. The van der Waals surface area contributed by atoms with Crippen LogP contribution in [-0.4, -0.2) is 32.5 Å². The van der Waals surface area contributed by atoms with Gasteiger partial charge in [-0.1, -0.05) is 0 Å². The molecule has 0 spiro atoms. The number of amidine groups is 1. The highest BCUT2D eigenvalue weighted by Gasteiger charge is 2.15. The summed E-state index contributed by atoms with van der Waals surface area (Å²) in [6.07, 6.45) is -0.381. The number of ether oxygens (including phenoxy) is 2. The Morgan fingerprint density at radius 1 is 1.43 bits per heavy atom. The second kappa shape index (κ2) is 4.97. The molecule has 5 heteroatoms. The fourth-order valence-corrected chi connectivity index (χ4v) is 1.06. The number of nitrogens with zero attached hydrogens (tertiary/aromatic N) is 1. The quantitative estimate of drug-likeness (QED) is 0.634. The van der Waals surface area contributed by atoms with Gasteiger partial charge in [0.1, 0.15) is 5.84 Å². The summed E-state index contributed by atoms with van der Waals surface area (Å²) in [6, 6.07) is 0. The molecule has 0 saturated heterocycles. The van der Waals surface area contributed by atoms with Crippen molar-refractivity contribution in [3.8, 4) is 0 Å². The van der Waals surface area contributed by atoms with Gasteiger partial charge in [0.15, 0.2) is 0 Å². The van der Waals surface area contributed by atoms with Gasteiger partial charge < -0.3 is 20.5 Å². The van der Waals surface area contributed by atoms with E-state index in [1.807, 2.05) is 13.8 Å². The Morgan fingerprint density at radius 3 is 2.71 bits per heavy atom. The molecule has 0 bridgehead atoms. The van der Waals surface area contributed by atoms with Gasteiger partial charge in [-0.15, -0.1) is 0 Å². The van der Waals surface area contributed by atoms with Crippen molar-refractivity contribution >= 4 is 5.84 Å². The molecule has 0 aromatic heterocycles. The van der Waals surface area contributed by atoms with Gasteiger partial charge in [0, 0.05) is 18.4 Å². The number of methoxy groups -OCH3 is 1. The molecule has 14 heavy (non-hydrogen) atoms. The van der Waals surface area contributed by atoms with Gasteiger partial charge in [-0.2, -0.15) is 0 Å². The van der Waals surface area contributed by atoms with E-state index in [2.05, 4.69) is 10.3 Å². The summed E-state index contributed by atoms with van der Waals surface area (Å²) < 4.78 is 10.2. The van der Waals surface area contributed by atoms with Crippen molar-refractivity contribution in [1.82, 2.24) is 5.32 Å². The van der Waals surface area contributed by atoms with Gasteiger partial charge in [-0.05, 0) is 13.8 Å². The Morgan fingerprint density at radius 2 is 2.14 bits per heavy atom. The molecule has 0 aromatic carbocycles. The third kappa shape index (κ3) is 2.71. The summed E-state index contributed by atoms with van der Waals surface area (Å²) in [7, 11) is 1.63. The van der Waals surface area contributed by atoms with Crippen molar-refractivity contribution in [2.75, 3.05) is 20.3 Å². The van der Waals surface area contributed by atoms with Gasteiger partial charge in [0.25, 0.3) is 0 Å². The van der Waals surface area contributed by atoms with Crippen LogP contribution in [0.3, 0.4) is 0 Å². The molecule has 1 aliphatic rings. The highest BCUT2D eigenvalue weighted by molar-refractivity contribution is 5.97. The van der Waals surface area contributed by atoms with E-state index in [1.165, 1.54) is 0 Å². The Labute approximate surface area is 84.0 Å². The number of nitrogens with two attached hydrogens (primary N) is 1. The monoisotopic (exact) mass is 199 g/mol. The van der Waals surface area contributed by atoms with Crippen molar-refractivity contribution in [1.29, 1.82) is 0 Å². The van der Waals surface area contributed by atoms with E-state index in [1.54, 1.807) is 7.11 Å². The third-order valence-electron chi connectivity index (χ3n) is 2.11. The molecule has 80 valence electrons. The van der Waals surface area contributed by atoms with Crippen molar-refractivity contribution in [3.05, 3.63) is 11.3 Å². The number of hydrogen-bond acceptors (Lipinski definition) is 5. The fourth-order valence-electron chi connectivity index (χ4n) is 1.06. The highest BCUT2D eigenvalue weighted by Crippen LogP contribution is 2.09. The number of allylic oxidation sites excluding steroid dienone is 1. The normalized spacial score (nSPS) is 21.9. The molecule has 0 radical (unpaired) electrons. The lowest BCUT2D eigenvalue weighted by Crippen LogP contribution is -2.37. The lowest BCUT2D eigenvalue weighted by Gasteiger charge is -2.23. The zero-order valence-corrected chi connectivity index (χ0v) is 8.83. The van der Waals surface area contributed by atoms with Crippen LogP contribution in [0.4, 0.5) is 0 Å². The van der Waals surface area contributed by atoms with Crippen LogP contribution >= 0.6 is 0 Å². The summed E-state index contributed by atoms with van der Waals surface area (Å²) in [5, 5.41) is 3.09. The van der Waals surface area contributed by atoms with E-state index in [9.17, 15) is 0 Å². The maximum absolute atomic E-state index is 5.70. The first-order chi connectivity index (χ1) is 6.65. The average Bonchev–Trinajstić information content (AvgIpc) is 2.14. The van der Waals surface area contributed by atoms with Crippen LogP contribution in [0.15, 0.2) is 16.3 Å². The first kappa shape index (κ1) is 11.0. The predicted octanol–water partition coefficient (Wildman–Crippen LogP) is 0.187. The topological polar surface area (TPSA) is 68.9 Å². The summed E-state index contributed by atoms with van der Waals surface area (Å²) in [4.78, 5) is 4.13. The Bertz CT molecular complexity index is 261. The van der Waals surface area contributed by atoms with Crippen LogP contribution in [0, 0.1) is 0 Å². The van der Waals surface area contributed by atoms with E-state index in [4.69, 9.17) is 15.2 Å². The second-order valence-electron chi connectivity index (χ2n) is 3.12. The van der Waals surface area contributed by atoms with Gasteiger partial charge in [0.05, 0.1) is 13.2 Å². The molecule has 0 saturated carbocycles. The largest absolute Gasteiger partial charge is 0.384 e. The van der Waals surface area contributed by atoms with Crippen molar-refractivity contribution < 1.29 is 9.47 Å². The SMILES string of the molecule is COCCOC1N=C(N)C(C)=C(C)N1. The van der Waals surface area contributed by atoms with Crippen molar-refractivity contribution in [2.24, 2.45) is 10.7 Å².